The van der Waals surface area contributed by atoms with Gasteiger partial charge in [0.1, 0.15) is 0 Å². The average Bonchev–Trinajstić information content (AvgIpc) is 2.65. The molecular weight excluding hydrogens is 314 g/mol. The second-order valence-electron chi connectivity index (χ2n) is 6.96. The summed E-state index contributed by atoms with van der Waals surface area (Å²) < 4.78 is 10.7. The predicted molar refractivity (Wildman–Crippen MR) is 101 cm³/mol. The molecule has 1 unspecified atom stereocenters. The van der Waals surface area contributed by atoms with E-state index in [1.165, 1.54) is 11.1 Å². The molecule has 0 fully saturated rings. The fraction of sp³-hybridized carbons (Fsp3) is 0.429. The lowest BCUT2D eigenvalue weighted by molar-refractivity contribution is 0.281. The van der Waals surface area contributed by atoms with Crippen LogP contribution < -0.4 is 14.8 Å². The number of hydrogen-bond donors (Lipinski definition) is 2. The van der Waals surface area contributed by atoms with Crippen molar-refractivity contribution in [3.8, 4) is 11.5 Å². The number of ether oxygens (including phenoxy) is 2. The Morgan fingerprint density at radius 3 is 2.40 bits per heavy atom. The standard InChI is InChI=1S/C21H29NO3/c1-15(17-8-6-7-16(11-17)13-23)22-14-21(2,3)18-9-10-19(24-4)20(12-18)25-5/h6-12,15,22-23H,13-14H2,1-5H3. The number of benzene rings is 2. The molecule has 0 aromatic heterocycles. The Bertz CT molecular complexity index is 697. The normalized spacial score (nSPS) is 12.7. The van der Waals surface area contributed by atoms with Gasteiger partial charge < -0.3 is 19.9 Å². The summed E-state index contributed by atoms with van der Waals surface area (Å²) in [6.45, 7) is 7.43. The lowest BCUT2D eigenvalue weighted by Gasteiger charge is -2.29. The molecule has 0 radical (unpaired) electrons. The van der Waals surface area contributed by atoms with Gasteiger partial charge in [-0.3, -0.25) is 0 Å². The van der Waals surface area contributed by atoms with Crippen molar-refractivity contribution >= 4 is 0 Å². The van der Waals surface area contributed by atoms with Crippen LogP contribution in [0.15, 0.2) is 42.5 Å². The molecule has 0 aliphatic carbocycles. The molecule has 25 heavy (non-hydrogen) atoms. The van der Waals surface area contributed by atoms with Gasteiger partial charge in [0, 0.05) is 18.0 Å². The van der Waals surface area contributed by atoms with E-state index in [1.54, 1.807) is 14.2 Å². The van der Waals surface area contributed by atoms with Crippen LogP contribution in [0, 0.1) is 0 Å². The molecule has 0 amide bonds. The number of nitrogens with one attached hydrogen (secondary N) is 1. The second kappa shape index (κ2) is 8.37. The van der Waals surface area contributed by atoms with Crippen molar-refractivity contribution in [1.82, 2.24) is 5.32 Å². The molecular formula is C21H29NO3. The predicted octanol–water partition coefficient (Wildman–Crippen LogP) is 3.82. The maximum atomic E-state index is 9.30. The zero-order valence-corrected chi connectivity index (χ0v) is 15.8. The molecule has 2 N–H and O–H groups in total. The molecule has 0 aliphatic heterocycles. The first-order valence-electron chi connectivity index (χ1n) is 8.57. The van der Waals surface area contributed by atoms with Gasteiger partial charge in [-0.1, -0.05) is 44.2 Å². The van der Waals surface area contributed by atoms with Gasteiger partial charge in [0.15, 0.2) is 11.5 Å². The Labute approximate surface area is 150 Å². The summed E-state index contributed by atoms with van der Waals surface area (Å²) >= 11 is 0. The van der Waals surface area contributed by atoms with E-state index in [1.807, 2.05) is 30.3 Å². The van der Waals surface area contributed by atoms with E-state index in [-0.39, 0.29) is 18.1 Å². The van der Waals surface area contributed by atoms with Gasteiger partial charge in [-0.25, -0.2) is 0 Å². The second-order valence-corrected chi connectivity index (χ2v) is 6.96. The molecule has 4 nitrogen and oxygen atoms in total. The van der Waals surface area contributed by atoms with Gasteiger partial charge in [-0.15, -0.1) is 0 Å². The van der Waals surface area contributed by atoms with E-state index < -0.39 is 0 Å². The van der Waals surface area contributed by atoms with Gasteiger partial charge in [0.05, 0.1) is 20.8 Å². The highest BCUT2D eigenvalue weighted by molar-refractivity contribution is 5.45. The van der Waals surface area contributed by atoms with Gasteiger partial charge in [0.25, 0.3) is 0 Å². The summed E-state index contributed by atoms with van der Waals surface area (Å²) in [5, 5.41) is 12.9. The molecule has 2 rings (SSSR count). The number of aliphatic hydroxyl groups is 1. The van der Waals surface area contributed by atoms with Crippen molar-refractivity contribution in [2.24, 2.45) is 0 Å². The molecule has 0 aliphatic rings. The van der Waals surface area contributed by atoms with E-state index >= 15 is 0 Å². The van der Waals surface area contributed by atoms with Crippen LogP contribution >= 0.6 is 0 Å². The monoisotopic (exact) mass is 343 g/mol. The van der Waals surface area contributed by atoms with Crippen LogP contribution in [0.3, 0.4) is 0 Å². The SMILES string of the molecule is COc1ccc(C(C)(C)CNC(C)c2cccc(CO)c2)cc1OC. The van der Waals surface area contributed by atoms with Crippen LogP contribution in [0.4, 0.5) is 0 Å². The van der Waals surface area contributed by atoms with Crippen molar-refractivity contribution in [3.63, 3.8) is 0 Å². The third kappa shape index (κ3) is 4.74. The summed E-state index contributed by atoms with van der Waals surface area (Å²) in [4.78, 5) is 0. The minimum absolute atomic E-state index is 0.0671. The Hall–Kier alpha value is -2.04. The van der Waals surface area contributed by atoms with E-state index in [0.717, 1.165) is 23.6 Å². The first-order chi connectivity index (χ1) is 11.9. The lowest BCUT2D eigenvalue weighted by atomic mass is 9.84. The minimum atomic E-state index is -0.0671. The topological polar surface area (TPSA) is 50.7 Å². The maximum absolute atomic E-state index is 9.30. The molecule has 2 aromatic rings. The molecule has 0 spiro atoms. The van der Waals surface area contributed by atoms with Crippen LogP contribution in [0.25, 0.3) is 0 Å². The molecule has 1 atom stereocenters. The highest BCUT2D eigenvalue weighted by Gasteiger charge is 2.23. The van der Waals surface area contributed by atoms with Gasteiger partial charge in [-0.2, -0.15) is 0 Å². The van der Waals surface area contributed by atoms with Crippen LogP contribution in [0.1, 0.15) is 43.5 Å². The fourth-order valence-electron chi connectivity index (χ4n) is 2.85. The van der Waals surface area contributed by atoms with Crippen molar-refractivity contribution in [2.45, 2.75) is 38.8 Å². The molecule has 136 valence electrons. The third-order valence-corrected chi connectivity index (χ3v) is 4.65. The van der Waals surface area contributed by atoms with Crippen LogP contribution in [0.2, 0.25) is 0 Å². The first-order valence-corrected chi connectivity index (χ1v) is 8.57. The van der Waals surface area contributed by atoms with E-state index in [9.17, 15) is 5.11 Å². The third-order valence-electron chi connectivity index (χ3n) is 4.65. The van der Waals surface area contributed by atoms with Gasteiger partial charge in [-0.05, 0) is 35.7 Å². The van der Waals surface area contributed by atoms with Crippen molar-refractivity contribution in [2.75, 3.05) is 20.8 Å². The quantitative estimate of drug-likeness (QED) is 0.765. The van der Waals surface area contributed by atoms with Gasteiger partial charge in [0.2, 0.25) is 0 Å². The highest BCUT2D eigenvalue weighted by atomic mass is 16.5. The molecule has 0 heterocycles. The summed E-state index contributed by atoms with van der Waals surface area (Å²) in [5.74, 6) is 1.49. The molecule has 0 saturated heterocycles. The van der Waals surface area contributed by atoms with Crippen LogP contribution in [-0.4, -0.2) is 25.9 Å². The summed E-state index contributed by atoms with van der Waals surface area (Å²) in [7, 11) is 3.30. The zero-order valence-electron chi connectivity index (χ0n) is 15.8. The number of rotatable bonds is 8. The minimum Gasteiger partial charge on any atom is -0.493 e. The summed E-state index contributed by atoms with van der Waals surface area (Å²) in [5.41, 5.74) is 3.23. The number of methoxy groups -OCH3 is 2. The van der Waals surface area contributed by atoms with E-state index in [0.29, 0.717) is 0 Å². The summed E-state index contributed by atoms with van der Waals surface area (Å²) in [6, 6.07) is 14.3. The zero-order chi connectivity index (χ0) is 18.4. The summed E-state index contributed by atoms with van der Waals surface area (Å²) in [6.07, 6.45) is 0. The maximum Gasteiger partial charge on any atom is 0.161 e. The largest absolute Gasteiger partial charge is 0.493 e. The van der Waals surface area contributed by atoms with Crippen LogP contribution in [-0.2, 0) is 12.0 Å². The number of hydrogen-bond acceptors (Lipinski definition) is 4. The van der Waals surface area contributed by atoms with Crippen molar-refractivity contribution < 1.29 is 14.6 Å². The molecule has 4 heteroatoms. The first kappa shape index (κ1) is 19.3. The van der Waals surface area contributed by atoms with Crippen LogP contribution in [0.5, 0.6) is 11.5 Å². The fourth-order valence-corrected chi connectivity index (χ4v) is 2.85. The molecule has 0 bridgehead atoms. The average molecular weight is 343 g/mol. The highest BCUT2D eigenvalue weighted by Crippen LogP contribution is 2.33. The van der Waals surface area contributed by atoms with E-state index in [4.69, 9.17) is 9.47 Å². The number of aliphatic hydroxyl groups excluding tert-OH is 1. The van der Waals surface area contributed by atoms with Gasteiger partial charge >= 0.3 is 0 Å². The molecule has 2 aromatic carbocycles. The van der Waals surface area contributed by atoms with Crippen molar-refractivity contribution in [3.05, 3.63) is 59.2 Å². The Balaban J connectivity index is 2.10. The Kier molecular flexibility index (Phi) is 6.45. The van der Waals surface area contributed by atoms with Crippen molar-refractivity contribution in [1.29, 1.82) is 0 Å². The Morgan fingerprint density at radius 1 is 1.04 bits per heavy atom. The molecule has 0 saturated carbocycles. The van der Waals surface area contributed by atoms with E-state index in [2.05, 4.69) is 38.2 Å². The Morgan fingerprint density at radius 2 is 1.76 bits per heavy atom. The smallest absolute Gasteiger partial charge is 0.161 e. The lowest BCUT2D eigenvalue weighted by Crippen LogP contribution is -2.34.